The fourth-order valence-corrected chi connectivity index (χ4v) is 2.76. The second-order valence-electron chi connectivity index (χ2n) is 5.36. The van der Waals surface area contributed by atoms with Crippen LogP contribution in [0.4, 0.5) is 13.2 Å². The molecule has 0 atom stereocenters. The van der Waals surface area contributed by atoms with Gasteiger partial charge in [0.1, 0.15) is 8.07 Å². The van der Waals surface area contributed by atoms with Crippen LogP contribution in [-0.2, 0) is 0 Å². The number of ketones is 1. The van der Waals surface area contributed by atoms with E-state index in [1.165, 1.54) is 0 Å². The maximum absolute atomic E-state index is 12.0. The van der Waals surface area contributed by atoms with Crippen molar-refractivity contribution in [3.05, 3.63) is 33.5 Å². The van der Waals surface area contributed by atoms with Crippen molar-refractivity contribution < 1.29 is 18.0 Å². The molecule has 1 rings (SSSR count). The zero-order chi connectivity index (χ0) is 15.6. The maximum atomic E-state index is 12.0. The van der Waals surface area contributed by atoms with E-state index in [2.05, 4.69) is 31.1 Å². The summed E-state index contributed by atoms with van der Waals surface area (Å²) in [5.41, 5.74) is 4.00. The Bertz CT molecular complexity index is 595. The molecule has 108 valence electrons. The molecule has 0 spiro atoms. The highest BCUT2D eigenvalue weighted by Gasteiger charge is 2.23. The minimum Gasteiger partial charge on any atom is -0.288 e. The smallest absolute Gasteiger partial charge is 0.288 e. The van der Waals surface area contributed by atoms with Crippen molar-refractivity contribution in [2.75, 3.05) is 0 Å². The van der Waals surface area contributed by atoms with E-state index < -0.39 is 20.0 Å². The molecule has 0 amide bonds. The van der Waals surface area contributed by atoms with E-state index in [1.54, 1.807) is 13.0 Å². The Hall–Kier alpha value is -1.32. The van der Waals surface area contributed by atoms with Crippen molar-refractivity contribution in [2.24, 2.45) is 0 Å². The minimum atomic E-state index is -4.47. The number of rotatable bonds is 2. The first-order chi connectivity index (χ1) is 8.98. The van der Waals surface area contributed by atoms with Gasteiger partial charge < -0.3 is 0 Å². The van der Waals surface area contributed by atoms with Crippen LogP contribution >= 0.6 is 11.3 Å². The number of carbonyl (C=O) groups is 1. The summed E-state index contributed by atoms with van der Waals surface area (Å²) in [6.45, 7) is 8.10. The van der Waals surface area contributed by atoms with E-state index in [0.717, 1.165) is 21.8 Å². The molecule has 0 aliphatic carbocycles. The Morgan fingerprint density at radius 2 is 1.95 bits per heavy atom. The molecule has 1 heterocycles. The van der Waals surface area contributed by atoms with E-state index in [0.29, 0.717) is 6.08 Å². The van der Waals surface area contributed by atoms with Gasteiger partial charge in [0.25, 0.3) is 0 Å². The van der Waals surface area contributed by atoms with Crippen LogP contribution in [0.15, 0.2) is 18.2 Å². The Morgan fingerprint density at radius 3 is 2.45 bits per heavy atom. The van der Waals surface area contributed by atoms with Crippen molar-refractivity contribution in [1.29, 1.82) is 0 Å². The number of hydrogen-bond donors (Lipinski definition) is 0. The quantitative estimate of drug-likeness (QED) is 0.338. The molecule has 0 radical (unpaired) electrons. The van der Waals surface area contributed by atoms with Gasteiger partial charge in [0, 0.05) is 6.08 Å². The van der Waals surface area contributed by atoms with E-state index >= 15 is 0 Å². The number of allylic oxidation sites excluding steroid dienone is 2. The lowest BCUT2D eigenvalue weighted by molar-refractivity contribution is -0.0799. The normalized spacial score (nSPS) is 12.3. The summed E-state index contributed by atoms with van der Waals surface area (Å²) in [6.07, 6.45) is -3.96. The standard InChI is InChI=1S/C14H15F3OSSi/c1-10-9-13(11(18)5-7-14(15,16)17)19-12(10)6-8-20(2,3)4/h5,7,9H,1-4H3. The van der Waals surface area contributed by atoms with Crippen LogP contribution in [0.5, 0.6) is 0 Å². The summed E-state index contributed by atoms with van der Waals surface area (Å²) >= 11 is 1.14. The lowest BCUT2D eigenvalue weighted by atomic mass is 10.2. The van der Waals surface area contributed by atoms with E-state index in [1.807, 2.05) is 0 Å². The van der Waals surface area contributed by atoms with Gasteiger partial charge in [-0.3, -0.25) is 4.79 Å². The first kappa shape index (κ1) is 16.7. The molecule has 0 N–H and O–H groups in total. The Kier molecular flexibility index (Phi) is 5.00. The van der Waals surface area contributed by atoms with Gasteiger partial charge in [0.2, 0.25) is 0 Å². The molecule has 1 aromatic heterocycles. The van der Waals surface area contributed by atoms with Gasteiger partial charge in [-0.15, -0.1) is 16.9 Å². The van der Waals surface area contributed by atoms with Crippen molar-refractivity contribution in [3.8, 4) is 11.5 Å². The largest absolute Gasteiger partial charge is 0.409 e. The molecule has 0 fully saturated rings. The molecule has 0 saturated carbocycles. The minimum absolute atomic E-state index is 0.0438. The van der Waals surface area contributed by atoms with Crippen LogP contribution in [0.2, 0.25) is 19.6 Å². The fraction of sp³-hybridized carbons (Fsp3) is 0.357. The lowest BCUT2D eigenvalue weighted by Crippen LogP contribution is -2.16. The summed E-state index contributed by atoms with van der Waals surface area (Å²) in [6, 6.07) is 1.59. The molecular weight excluding hydrogens is 301 g/mol. The molecule has 0 saturated heterocycles. The van der Waals surface area contributed by atoms with Crippen molar-refractivity contribution in [3.63, 3.8) is 0 Å². The Labute approximate surface area is 121 Å². The fourth-order valence-electron chi connectivity index (χ4n) is 1.22. The van der Waals surface area contributed by atoms with Crippen LogP contribution in [0.1, 0.15) is 20.1 Å². The molecule has 0 unspecified atom stereocenters. The zero-order valence-corrected chi connectivity index (χ0v) is 13.5. The van der Waals surface area contributed by atoms with Gasteiger partial charge in [-0.25, -0.2) is 0 Å². The number of alkyl halides is 3. The molecule has 0 aromatic carbocycles. The van der Waals surface area contributed by atoms with Crippen LogP contribution in [0, 0.1) is 18.4 Å². The first-order valence-electron chi connectivity index (χ1n) is 5.92. The highest BCUT2D eigenvalue weighted by atomic mass is 32.1. The second kappa shape index (κ2) is 5.98. The predicted octanol–water partition coefficient (Wildman–Crippen LogP) is 4.59. The molecule has 0 bridgehead atoms. The number of thiophene rings is 1. The summed E-state index contributed by atoms with van der Waals surface area (Å²) in [5.74, 6) is 2.39. The molecule has 1 aromatic rings. The average molecular weight is 316 g/mol. The zero-order valence-electron chi connectivity index (χ0n) is 11.7. The third-order valence-electron chi connectivity index (χ3n) is 2.14. The summed E-state index contributed by atoms with van der Waals surface area (Å²) in [7, 11) is -1.52. The SMILES string of the molecule is Cc1cc(C(=O)C=CC(F)(F)F)sc1C#C[Si](C)(C)C. The van der Waals surface area contributed by atoms with Crippen molar-refractivity contribution in [1.82, 2.24) is 0 Å². The monoisotopic (exact) mass is 316 g/mol. The number of hydrogen-bond acceptors (Lipinski definition) is 2. The number of aryl methyl sites for hydroxylation is 1. The van der Waals surface area contributed by atoms with Gasteiger partial charge in [0.15, 0.2) is 5.78 Å². The molecule has 6 heteroatoms. The van der Waals surface area contributed by atoms with Gasteiger partial charge >= 0.3 is 6.18 Å². The van der Waals surface area contributed by atoms with Gasteiger partial charge in [-0.1, -0.05) is 25.6 Å². The summed E-state index contributed by atoms with van der Waals surface area (Å²) < 4.78 is 36.0. The third-order valence-corrected chi connectivity index (χ3v) is 4.18. The topological polar surface area (TPSA) is 17.1 Å². The van der Waals surface area contributed by atoms with Crippen LogP contribution in [0.25, 0.3) is 0 Å². The van der Waals surface area contributed by atoms with Crippen LogP contribution < -0.4 is 0 Å². The number of halogens is 3. The highest BCUT2D eigenvalue weighted by Crippen LogP contribution is 2.23. The van der Waals surface area contributed by atoms with Crippen LogP contribution in [0.3, 0.4) is 0 Å². The Balaban J connectivity index is 2.98. The van der Waals surface area contributed by atoms with Gasteiger partial charge in [0.05, 0.1) is 9.75 Å². The highest BCUT2D eigenvalue weighted by molar-refractivity contribution is 7.15. The van der Waals surface area contributed by atoms with E-state index in [9.17, 15) is 18.0 Å². The first-order valence-corrected chi connectivity index (χ1v) is 10.2. The predicted molar refractivity (Wildman–Crippen MR) is 78.8 cm³/mol. The van der Waals surface area contributed by atoms with Gasteiger partial charge in [-0.2, -0.15) is 13.2 Å². The molecule has 1 nitrogen and oxygen atoms in total. The molecule has 0 aliphatic rings. The second-order valence-corrected chi connectivity index (χ2v) is 11.2. The van der Waals surface area contributed by atoms with Gasteiger partial charge in [-0.05, 0) is 24.6 Å². The van der Waals surface area contributed by atoms with E-state index in [4.69, 9.17) is 0 Å². The lowest BCUT2D eigenvalue weighted by Gasteiger charge is -2.02. The van der Waals surface area contributed by atoms with Crippen molar-refractivity contribution >= 4 is 25.2 Å². The Morgan fingerprint density at radius 1 is 1.35 bits per heavy atom. The van der Waals surface area contributed by atoms with E-state index in [-0.39, 0.29) is 11.0 Å². The molecule has 0 aliphatic heterocycles. The third kappa shape index (κ3) is 5.76. The number of carbonyl (C=O) groups excluding carboxylic acids is 1. The molecule has 20 heavy (non-hydrogen) atoms. The molecular formula is C14H15F3OSSi. The average Bonchev–Trinajstić information content (AvgIpc) is 2.63. The van der Waals surface area contributed by atoms with Crippen molar-refractivity contribution in [2.45, 2.75) is 32.7 Å². The summed E-state index contributed by atoms with van der Waals surface area (Å²) in [5, 5.41) is 0. The maximum Gasteiger partial charge on any atom is 0.409 e. The van der Waals surface area contributed by atoms with Crippen LogP contribution in [-0.4, -0.2) is 20.0 Å². The summed E-state index contributed by atoms with van der Waals surface area (Å²) in [4.78, 5) is 12.7.